The first kappa shape index (κ1) is 15.3. The molecule has 0 aliphatic rings. The molecule has 0 aliphatic carbocycles. The number of unbranched alkanes of at least 4 members (excludes halogenated alkanes) is 1. The van der Waals surface area contributed by atoms with Crippen molar-refractivity contribution in [1.29, 1.82) is 0 Å². The van der Waals surface area contributed by atoms with Crippen molar-refractivity contribution >= 4 is 6.03 Å². The van der Waals surface area contributed by atoms with Crippen molar-refractivity contribution in [2.75, 3.05) is 13.2 Å². The molecule has 5 heteroatoms. The number of ether oxygens (including phenoxy) is 1. The summed E-state index contributed by atoms with van der Waals surface area (Å²) in [6, 6.07) is 5.93. The number of benzene rings is 1. The van der Waals surface area contributed by atoms with E-state index < -0.39 is 0 Å². The fourth-order valence-electron chi connectivity index (χ4n) is 1.46. The number of rotatable bonds is 7. The predicted molar refractivity (Wildman–Crippen MR) is 72.8 cm³/mol. The van der Waals surface area contributed by atoms with Gasteiger partial charge in [0, 0.05) is 12.6 Å². The third-order valence-corrected chi connectivity index (χ3v) is 2.36. The maximum absolute atomic E-state index is 12.6. The highest BCUT2D eigenvalue weighted by molar-refractivity contribution is 5.73. The van der Waals surface area contributed by atoms with Crippen molar-refractivity contribution in [1.82, 2.24) is 10.6 Å². The van der Waals surface area contributed by atoms with Crippen LogP contribution < -0.4 is 15.4 Å². The topological polar surface area (TPSA) is 50.4 Å². The minimum atomic E-state index is -0.271. The summed E-state index contributed by atoms with van der Waals surface area (Å²) in [6.07, 6.45) is 1.67. The van der Waals surface area contributed by atoms with Crippen LogP contribution in [0, 0.1) is 5.82 Å². The van der Waals surface area contributed by atoms with E-state index in [9.17, 15) is 9.18 Å². The van der Waals surface area contributed by atoms with Crippen molar-refractivity contribution in [3.63, 3.8) is 0 Å². The van der Waals surface area contributed by atoms with Crippen molar-refractivity contribution in [3.8, 4) is 5.75 Å². The van der Waals surface area contributed by atoms with Gasteiger partial charge in [-0.15, -0.1) is 0 Å². The van der Waals surface area contributed by atoms with E-state index in [-0.39, 0.29) is 17.9 Å². The molecule has 2 N–H and O–H groups in total. The highest BCUT2D eigenvalue weighted by Crippen LogP contribution is 2.11. The van der Waals surface area contributed by atoms with Crippen LogP contribution in [-0.2, 0) is 0 Å². The van der Waals surface area contributed by atoms with E-state index in [1.54, 1.807) is 12.1 Å². The molecule has 0 saturated carbocycles. The van der Waals surface area contributed by atoms with Gasteiger partial charge < -0.3 is 15.4 Å². The fourth-order valence-corrected chi connectivity index (χ4v) is 1.46. The molecule has 0 saturated heterocycles. The first-order valence-electron chi connectivity index (χ1n) is 6.50. The summed E-state index contributed by atoms with van der Waals surface area (Å²) in [7, 11) is 0. The van der Waals surface area contributed by atoms with Crippen LogP contribution in [0.4, 0.5) is 9.18 Å². The average Bonchev–Trinajstić information content (AvgIpc) is 2.35. The second-order valence-corrected chi connectivity index (χ2v) is 4.56. The van der Waals surface area contributed by atoms with Gasteiger partial charge in [0.25, 0.3) is 0 Å². The van der Waals surface area contributed by atoms with E-state index in [1.807, 2.05) is 13.8 Å². The SMILES string of the molecule is CC(C)NC(=O)NCCCCOc1ccc(F)cc1. The zero-order valence-electron chi connectivity index (χ0n) is 11.4. The molecule has 0 fully saturated rings. The highest BCUT2D eigenvalue weighted by atomic mass is 19.1. The molecule has 0 bridgehead atoms. The zero-order valence-corrected chi connectivity index (χ0v) is 11.4. The van der Waals surface area contributed by atoms with E-state index in [0.29, 0.717) is 18.9 Å². The normalized spacial score (nSPS) is 10.3. The van der Waals surface area contributed by atoms with E-state index in [2.05, 4.69) is 10.6 Å². The second kappa shape index (κ2) is 8.34. The lowest BCUT2D eigenvalue weighted by Gasteiger charge is -2.10. The molecule has 2 amide bonds. The minimum Gasteiger partial charge on any atom is -0.494 e. The summed E-state index contributed by atoms with van der Waals surface area (Å²) in [5.74, 6) is 0.389. The maximum atomic E-state index is 12.6. The summed E-state index contributed by atoms with van der Waals surface area (Å²) in [4.78, 5) is 11.3. The Hall–Kier alpha value is -1.78. The molecule has 0 radical (unpaired) electrons. The fraction of sp³-hybridized carbons (Fsp3) is 0.500. The van der Waals surface area contributed by atoms with Gasteiger partial charge in [0.2, 0.25) is 0 Å². The van der Waals surface area contributed by atoms with Gasteiger partial charge in [-0.05, 0) is 51.0 Å². The van der Waals surface area contributed by atoms with Crippen molar-refractivity contribution < 1.29 is 13.9 Å². The summed E-state index contributed by atoms with van der Waals surface area (Å²) < 4.78 is 18.1. The Morgan fingerprint density at radius 2 is 1.95 bits per heavy atom. The molecule has 0 atom stereocenters. The number of urea groups is 1. The quantitative estimate of drug-likeness (QED) is 0.747. The number of hydrogen-bond acceptors (Lipinski definition) is 2. The number of carbonyl (C=O) groups excluding carboxylic acids is 1. The van der Waals surface area contributed by atoms with E-state index >= 15 is 0 Å². The van der Waals surface area contributed by atoms with Gasteiger partial charge in [0.1, 0.15) is 11.6 Å². The van der Waals surface area contributed by atoms with Crippen LogP contribution in [0.25, 0.3) is 0 Å². The van der Waals surface area contributed by atoms with Crippen LogP contribution in [-0.4, -0.2) is 25.2 Å². The predicted octanol–water partition coefficient (Wildman–Crippen LogP) is 2.69. The molecule has 1 aromatic rings. The van der Waals surface area contributed by atoms with Crippen LogP contribution >= 0.6 is 0 Å². The largest absolute Gasteiger partial charge is 0.494 e. The first-order chi connectivity index (χ1) is 9.08. The molecule has 106 valence electrons. The Labute approximate surface area is 113 Å². The number of carbonyl (C=O) groups is 1. The third kappa shape index (κ3) is 7.28. The molecule has 0 aromatic heterocycles. The van der Waals surface area contributed by atoms with Crippen LogP contribution in [0.15, 0.2) is 24.3 Å². The third-order valence-electron chi connectivity index (χ3n) is 2.36. The molecule has 1 aromatic carbocycles. The standard InChI is InChI=1S/C14H21FN2O2/c1-11(2)17-14(18)16-9-3-4-10-19-13-7-5-12(15)6-8-13/h5-8,11H,3-4,9-10H2,1-2H3,(H2,16,17,18). The van der Waals surface area contributed by atoms with Gasteiger partial charge >= 0.3 is 6.03 Å². The van der Waals surface area contributed by atoms with E-state index in [0.717, 1.165) is 12.8 Å². The Bertz CT molecular complexity index is 380. The molecule has 0 aliphatic heterocycles. The van der Waals surface area contributed by atoms with E-state index in [4.69, 9.17) is 4.74 Å². The maximum Gasteiger partial charge on any atom is 0.314 e. The van der Waals surface area contributed by atoms with Gasteiger partial charge in [0.15, 0.2) is 0 Å². The summed E-state index contributed by atoms with van der Waals surface area (Å²) in [5, 5.41) is 5.51. The molecule has 0 unspecified atom stereocenters. The average molecular weight is 268 g/mol. The zero-order chi connectivity index (χ0) is 14.1. The monoisotopic (exact) mass is 268 g/mol. The number of amides is 2. The molecule has 0 heterocycles. The van der Waals surface area contributed by atoms with Crippen molar-refractivity contribution in [3.05, 3.63) is 30.1 Å². The first-order valence-corrected chi connectivity index (χ1v) is 6.50. The van der Waals surface area contributed by atoms with Crippen LogP contribution in [0.2, 0.25) is 0 Å². The summed E-state index contributed by atoms with van der Waals surface area (Å²) >= 11 is 0. The number of hydrogen-bond donors (Lipinski definition) is 2. The summed E-state index contributed by atoms with van der Waals surface area (Å²) in [5.41, 5.74) is 0. The molecule has 19 heavy (non-hydrogen) atoms. The van der Waals surface area contributed by atoms with E-state index in [1.165, 1.54) is 12.1 Å². The Kier molecular flexibility index (Phi) is 6.71. The summed E-state index contributed by atoms with van der Waals surface area (Å²) in [6.45, 7) is 5.00. The smallest absolute Gasteiger partial charge is 0.314 e. The van der Waals surface area contributed by atoms with Gasteiger partial charge in [-0.25, -0.2) is 9.18 Å². The Morgan fingerprint density at radius 1 is 1.26 bits per heavy atom. The molecular weight excluding hydrogens is 247 g/mol. The molecule has 1 rings (SSSR count). The highest BCUT2D eigenvalue weighted by Gasteiger charge is 2.00. The second-order valence-electron chi connectivity index (χ2n) is 4.56. The van der Waals surface area contributed by atoms with Crippen molar-refractivity contribution in [2.24, 2.45) is 0 Å². The number of nitrogens with one attached hydrogen (secondary N) is 2. The molecular formula is C14H21FN2O2. The lowest BCUT2D eigenvalue weighted by atomic mass is 10.3. The molecule has 4 nitrogen and oxygen atoms in total. The Morgan fingerprint density at radius 3 is 2.58 bits per heavy atom. The number of halogens is 1. The van der Waals surface area contributed by atoms with Gasteiger partial charge in [0.05, 0.1) is 6.61 Å². The lowest BCUT2D eigenvalue weighted by Crippen LogP contribution is -2.39. The van der Waals surface area contributed by atoms with Crippen molar-refractivity contribution in [2.45, 2.75) is 32.7 Å². The van der Waals surface area contributed by atoms with Gasteiger partial charge in [-0.3, -0.25) is 0 Å². The van der Waals surface area contributed by atoms with Crippen LogP contribution in [0.3, 0.4) is 0 Å². The van der Waals surface area contributed by atoms with Gasteiger partial charge in [-0.2, -0.15) is 0 Å². The minimum absolute atomic E-state index is 0.141. The van der Waals surface area contributed by atoms with Crippen LogP contribution in [0.5, 0.6) is 5.75 Å². The lowest BCUT2D eigenvalue weighted by molar-refractivity contribution is 0.237. The molecule has 0 spiro atoms. The van der Waals surface area contributed by atoms with Gasteiger partial charge in [-0.1, -0.05) is 0 Å². The Balaban J connectivity index is 2.02. The van der Waals surface area contributed by atoms with Crippen LogP contribution in [0.1, 0.15) is 26.7 Å².